The van der Waals surface area contributed by atoms with Crippen LogP contribution in [0.2, 0.25) is 0 Å². The fraction of sp³-hybridized carbons (Fsp3) is 0.500. The number of aliphatic hydroxyl groups is 1. The van der Waals surface area contributed by atoms with Crippen LogP contribution in [0.3, 0.4) is 0 Å². The molecule has 3 fully saturated rings. The van der Waals surface area contributed by atoms with Gasteiger partial charge in [0.15, 0.2) is 0 Å². The normalized spacial score (nSPS) is 27.5. The average molecular weight is 465 g/mol. The van der Waals surface area contributed by atoms with Crippen LogP contribution in [0.4, 0.5) is 5.82 Å². The first-order valence-corrected chi connectivity index (χ1v) is 12.0. The number of ether oxygens (including phenoxy) is 1. The van der Waals surface area contributed by atoms with Gasteiger partial charge in [-0.15, -0.1) is 0 Å². The third-order valence-corrected chi connectivity index (χ3v) is 7.93. The van der Waals surface area contributed by atoms with Crippen molar-refractivity contribution in [3.8, 4) is 5.75 Å². The van der Waals surface area contributed by atoms with Crippen molar-refractivity contribution in [2.75, 3.05) is 18.6 Å². The van der Waals surface area contributed by atoms with Gasteiger partial charge in [-0.05, 0) is 63.8 Å². The molecule has 180 valence electrons. The fourth-order valence-electron chi connectivity index (χ4n) is 6.18. The lowest BCUT2D eigenvalue weighted by molar-refractivity contribution is -0.0172. The monoisotopic (exact) mass is 464 g/mol. The molecule has 0 bridgehead atoms. The molecular formula is C26H32N4O4. The lowest BCUT2D eigenvalue weighted by Gasteiger charge is -2.68. The number of nitrogens with zero attached hydrogens (tertiary/aromatic N) is 2. The highest BCUT2D eigenvalue weighted by molar-refractivity contribution is 5.96. The third kappa shape index (κ3) is 3.60. The van der Waals surface area contributed by atoms with Crippen LogP contribution in [-0.2, 0) is 0 Å². The molecule has 2 heterocycles. The van der Waals surface area contributed by atoms with Crippen LogP contribution in [0.5, 0.6) is 5.75 Å². The van der Waals surface area contributed by atoms with E-state index in [0.29, 0.717) is 23.2 Å². The van der Waals surface area contributed by atoms with Gasteiger partial charge in [-0.2, -0.15) is 0 Å². The summed E-state index contributed by atoms with van der Waals surface area (Å²) in [5.74, 6) is 1.32. The second-order valence-corrected chi connectivity index (χ2v) is 9.92. The Morgan fingerprint density at radius 3 is 2.74 bits per heavy atom. The predicted molar refractivity (Wildman–Crippen MR) is 128 cm³/mol. The first-order valence-electron chi connectivity index (χ1n) is 12.0. The summed E-state index contributed by atoms with van der Waals surface area (Å²) in [4.78, 5) is 32.2. The molecule has 1 aliphatic heterocycles. The molecule has 2 saturated carbocycles. The second kappa shape index (κ2) is 8.58. The second-order valence-electron chi connectivity index (χ2n) is 9.92. The van der Waals surface area contributed by atoms with Gasteiger partial charge in [-0.25, -0.2) is 4.98 Å². The zero-order valence-electron chi connectivity index (χ0n) is 19.9. The van der Waals surface area contributed by atoms with E-state index in [2.05, 4.69) is 20.5 Å². The van der Waals surface area contributed by atoms with Crippen molar-refractivity contribution in [2.24, 2.45) is 5.41 Å². The number of carbonyl (C=O) groups is 2. The Kier molecular flexibility index (Phi) is 5.72. The molecule has 3 aliphatic rings. The summed E-state index contributed by atoms with van der Waals surface area (Å²) in [6, 6.07) is 10.2. The van der Waals surface area contributed by atoms with E-state index in [1.165, 1.54) is 6.42 Å². The number of anilines is 1. The van der Waals surface area contributed by atoms with Crippen molar-refractivity contribution in [3.05, 3.63) is 53.2 Å². The molecule has 1 saturated heterocycles. The van der Waals surface area contributed by atoms with Crippen LogP contribution in [-0.4, -0.2) is 59.8 Å². The minimum atomic E-state index is -0.590. The number of hydrogen-bond donors (Lipinski definition) is 3. The Balaban J connectivity index is 1.25. The highest BCUT2D eigenvalue weighted by Crippen LogP contribution is 2.65. The Hall–Kier alpha value is -3.13. The molecule has 2 amide bonds. The number of amides is 2. The number of aliphatic hydroxyl groups excluding tert-OH is 1. The summed E-state index contributed by atoms with van der Waals surface area (Å²) >= 11 is 0. The average Bonchev–Trinajstić information content (AvgIpc) is 3.18. The van der Waals surface area contributed by atoms with E-state index in [0.717, 1.165) is 36.4 Å². The van der Waals surface area contributed by atoms with Crippen molar-refractivity contribution >= 4 is 17.6 Å². The molecule has 3 N–H and O–H groups in total. The van der Waals surface area contributed by atoms with Gasteiger partial charge < -0.3 is 25.4 Å². The number of pyridine rings is 1. The summed E-state index contributed by atoms with van der Waals surface area (Å²) in [5, 5.41) is 15.3. The predicted octanol–water partition coefficient (Wildman–Crippen LogP) is 2.44. The van der Waals surface area contributed by atoms with E-state index in [1.807, 2.05) is 31.2 Å². The Morgan fingerprint density at radius 1 is 1.26 bits per heavy atom. The SMILES string of the molecule is COc1cccc(C(=O)NC2CC3N(c4ccc(C(=O)NC[C@H](C)O)cn4)C4CCC43C2)c1C. The van der Waals surface area contributed by atoms with Gasteiger partial charge in [0.1, 0.15) is 11.6 Å². The molecule has 1 spiro atoms. The third-order valence-electron chi connectivity index (χ3n) is 7.93. The Morgan fingerprint density at radius 2 is 2.09 bits per heavy atom. The first kappa shape index (κ1) is 22.7. The van der Waals surface area contributed by atoms with Crippen LogP contribution in [0.1, 0.15) is 58.9 Å². The van der Waals surface area contributed by atoms with Crippen molar-refractivity contribution in [1.82, 2.24) is 15.6 Å². The summed E-state index contributed by atoms with van der Waals surface area (Å²) in [5.41, 5.74) is 2.25. The van der Waals surface area contributed by atoms with E-state index < -0.39 is 6.10 Å². The molecule has 2 aliphatic carbocycles. The zero-order chi connectivity index (χ0) is 24.0. The van der Waals surface area contributed by atoms with Crippen LogP contribution in [0.25, 0.3) is 0 Å². The van der Waals surface area contributed by atoms with Gasteiger partial charge in [0.05, 0.1) is 18.8 Å². The maximum atomic E-state index is 13.0. The molecule has 8 heteroatoms. The minimum absolute atomic E-state index is 0.0489. The fourth-order valence-corrected chi connectivity index (χ4v) is 6.18. The van der Waals surface area contributed by atoms with Crippen molar-refractivity contribution in [2.45, 2.75) is 63.8 Å². The van der Waals surface area contributed by atoms with Crippen LogP contribution < -0.4 is 20.3 Å². The van der Waals surface area contributed by atoms with Gasteiger partial charge >= 0.3 is 0 Å². The number of nitrogens with one attached hydrogen (secondary N) is 2. The molecule has 34 heavy (non-hydrogen) atoms. The lowest BCUT2D eigenvalue weighted by Crippen LogP contribution is -2.75. The quantitative estimate of drug-likeness (QED) is 0.582. The van der Waals surface area contributed by atoms with E-state index in [9.17, 15) is 14.7 Å². The summed E-state index contributed by atoms with van der Waals surface area (Å²) in [6.07, 6.45) is 5.21. The van der Waals surface area contributed by atoms with E-state index >= 15 is 0 Å². The number of hydrogen-bond acceptors (Lipinski definition) is 6. The number of methoxy groups -OCH3 is 1. The van der Waals surface area contributed by atoms with E-state index in [1.54, 1.807) is 26.3 Å². The highest BCUT2D eigenvalue weighted by Gasteiger charge is 2.69. The number of benzene rings is 1. The van der Waals surface area contributed by atoms with E-state index in [-0.39, 0.29) is 29.8 Å². The summed E-state index contributed by atoms with van der Waals surface area (Å²) < 4.78 is 5.37. The Bertz CT molecular complexity index is 1100. The largest absolute Gasteiger partial charge is 0.496 e. The number of rotatable bonds is 7. The highest BCUT2D eigenvalue weighted by atomic mass is 16.5. The summed E-state index contributed by atoms with van der Waals surface area (Å²) in [6.45, 7) is 3.75. The zero-order valence-corrected chi connectivity index (χ0v) is 19.9. The van der Waals surface area contributed by atoms with Gasteiger partial charge in [-0.3, -0.25) is 9.59 Å². The maximum absolute atomic E-state index is 13.0. The maximum Gasteiger partial charge on any atom is 0.252 e. The van der Waals surface area contributed by atoms with Gasteiger partial charge in [0.2, 0.25) is 0 Å². The minimum Gasteiger partial charge on any atom is -0.496 e. The van der Waals surface area contributed by atoms with E-state index in [4.69, 9.17) is 4.74 Å². The number of piperidine rings is 1. The van der Waals surface area contributed by atoms with Crippen molar-refractivity contribution in [1.29, 1.82) is 0 Å². The van der Waals surface area contributed by atoms with Crippen molar-refractivity contribution < 1.29 is 19.4 Å². The summed E-state index contributed by atoms with van der Waals surface area (Å²) in [7, 11) is 1.62. The molecule has 1 aromatic carbocycles. The lowest BCUT2D eigenvalue weighted by atomic mass is 9.53. The molecule has 1 aromatic heterocycles. The van der Waals surface area contributed by atoms with Gasteiger partial charge in [-0.1, -0.05) is 6.07 Å². The van der Waals surface area contributed by atoms with Gasteiger partial charge in [0.25, 0.3) is 11.8 Å². The number of aromatic nitrogens is 1. The molecule has 5 rings (SSSR count). The first-order chi connectivity index (χ1) is 16.3. The Labute approximate surface area is 199 Å². The molecule has 0 radical (unpaired) electrons. The van der Waals surface area contributed by atoms with Crippen LogP contribution in [0.15, 0.2) is 36.5 Å². The van der Waals surface area contributed by atoms with Gasteiger partial charge in [0, 0.05) is 47.4 Å². The smallest absolute Gasteiger partial charge is 0.252 e. The molecule has 5 atom stereocenters. The molecule has 8 nitrogen and oxygen atoms in total. The topological polar surface area (TPSA) is 104 Å². The molecular weight excluding hydrogens is 432 g/mol. The standard InChI is InChI=1S/C26H32N4O4/c1-15(31)13-28-24(32)17-7-8-23(27-14-17)30-21-9-10-26(21)12-18(11-22(26)30)29-25(33)19-5-4-6-20(34-3)16(19)2/h4-8,14-15,18,21-22,31H,9-13H2,1-3H3,(H,28,32)(H,29,33)/t15-,18?,21?,22?,26?/m0/s1. The number of carbonyl (C=O) groups excluding carboxylic acids is 2. The van der Waals surface area contributed by atoms with Crippen LogP contribution in [0, 0.1) is 12.3 Å². The van der Waals surface area contributed by atoms with Crippen LogP contribution >= 0.6 is 0 Å². The van der Waals surface area contributed by atoms with Crippen molar-refractivity contribution in [3.63, 3.8) is 0 Å². The molecule has 2 aromatic rings. The molecule has 4 unspecified atom stereocenters.